The van der Waals surface area contributed by atoms with E-state index < -0.39 is 11.9 Å². The van der Waals surface area contributed by atoms with Gasteiger partial charge in [0.1, 0.15) is 29.3 Å². The van der Waals surface area contributed by atoms with Gasteiger partial charge in [-0.05, 0) is 42.2 Å². The molecule has 2 atom stereocenters. The minimum Gasteiger partial charge on any atom is -0.379 e. The normalized spacial score (nSPS) is 22.5. The number of ether oxygens (including phenoxy) is 1. The molecule has 1 aliphatic heterocycles. The number of fused-ring (bicyclic) bond motifs is 2. The number of nitrogens with zero attached hydrogens (tertiary/aromatic N) is 3. The SMILES string of the molecule is Fc1ccc2c(c1)CCC(N1CCOCC1)C2Nc1ncnc2[nH]c(C(F)(F)F)cc12. The van der Waals surface area contributed by atoms with Gasteiger partial charge in [0.15, 0.2) is 0 Å². The molecule has 1 aromatic carbocycles. The Morgan fingerprint density at radius 3 is 2.71 bits per heavy atom. The van der Waals surface area contributed by atoms with Crippen molar-refractivity contribution in [3.05, 3.63) is 53.2 Å². The summed E-state index contributed by atoms with van der Waals surface area (Å²) in [6.07, 6.45) is -1.75. The van der Waals surface area contributed by atoms with Gasteiger partial charge in [0.05, 0.1) is 24.6 Å². The van der Waals surface area contributed by atoms with Gasteiger partial charge in [-0.15, -0.1) is 0 Å². The number of morpholine rings is 1. The third kappa shape index (κ3) is 3.85. The van der Waals surface area contributed by atoms with E-state index in [2.05, 4.69) is 25.2 Å². The van der Waals surface area contributed by atoms with E-state index in [1.807, 2.05) is 0 Å². The molecule has 3 heterocycles. The Labute approximate surface area is 175 Å². The van der Waals surface area contributed by atoms with Crippen LogP contribution in [0.25, 0.3) is 11.0 Å². The molecule has 6 nitrogen and oxygen atoms in total. The first-order valence-electron chi connectivity index (χ1n) is 10.2. The summed E-state index contributed by atoms with van der Waals surface area (Å²) in [5.41, 5.74) is 1.07. The number of anilines is 1. The maximum absolute atomic E-state index is 13.8. The molecule has 5 rings (SSSR count). The topological polar surface area (TPSA) is 66.1 Å². The molecule has 2 aliphatic rings. The number of hydrogen-bond acceptors (Lipinski definition) is 5. The van der Waals surface area contributed by atoms with Crippen LogP contribution in [0.2, 0.25) is 0 Å². The molecule has 0 spiro atoms. The molecule has 0 bridgehead atoms. The Kier molecular flexibility index (Phi) is 5.05. The van der Waals surface area contributed by atoms with Gasteiger partial charge in [0, 0.05) is 19.1 Å². The molecule has 164 valence electrons. The molecular formula is C21H21F4N5O. The van der Waals surface area contributed by atoms with Crippen LogP contribution in [0.1, 0.15) is 29.3 Å². The van der Waals surface area contributed by atoms with E-state index in [0.717, 1.165) is 43.1 Å². The number of hydrogen-bond donors (Lipinski definition) is 2. The third-order valence-electron chi connectivity index (χ3n) is 6.07. The fourth-order valence-electron chi connectivity index (χ4n) is 4.60. The number of aromatic amines is 1. The predicted molar refractivity (Wildman–Crippen MR) is 106 cm³/mol. The van der Waals surface area contributed by atoms with Gasteiger partial charge in [-0.2, -0.15) is 13.2 Å². The van der Waals surface area contributed by atoms with Gasteiger partial charge >= 0.3 is 6.18 Å². The summed E-state index contributed by atoms with van der Waals surface area (Å²) in [7, 11) is 0. The van der Waals surface area contributed by atoms with Crippen molar-refractivity contribution in [1.82, 2.24) is 19.9 Å². The zero-order chi connectivity index (χ0) is 21.6. The Hall–Kier alpha value is -2.72. The second-order valence-electron chi connectivity index (χ2n) is 7.88. The lowest BCUT2D eigenvalue weighted by Crippen LogP contribution is -2.49. The largest absolute Gasteiger partial charge is 0.431 e. The number of rotatable bonds is 3. The molecule has 0 saturated carbocycles. The van der Waals surface area contributed by atoms with Crippen LogP contribution in [-0.4, -0.2) is 52.2 Å². The van der Waals surface area contributed by atoms with Gasteiger partial charge in [0.2, 0.25) is 0 Å². The van der Waals surface area contributed by atoms with Crippen LogP contribution in [0.5, 0.6) is 0 Å². The molecule has 2 aromatic heterocycles. The van der Waals surface area contributed by atoms with Crippen LogP contribution in [0.4, 0.5) is 23.4 Å². The van der Waals surface area contributed by atoms with E-state index in [0.29, 0.717) is 19.0 Å². The van der Waals surface area contributed by atoms with Crippen LogP contribution >= 0.6 is 0 Å². The number of halogens is 4. The fourth-order valence-corrected chi connectivity index (χ4v) is 4.60. The van der Waals surface area contributed by atoms with Crippen LogP contribution < -0.4 is 5.32 Å². The maximum atomic E-state index is 13.8. The quantitative estimate of drug-likeness (QED) is 0.611. The predicted octanol–water partition coefficient (Wildman–Crippen LogP) is 3.92. The fraction of sp³-hybridized carbons (Fsp3) is 0.429. The minimum atomic E-state index is -4.51. The van der Waals surface area contributed by atoms with E-state index in [1.165, 1.54) is 18.5 Å². The Morgan fingerprint density at radius 1 is 1.13 bits per heavy atom. The van der Waals surface area contributed by atoms with Crippen LogP contribution in [-0.2, 0) is 17.3 Å². The maximum Gasteiger partial charge on any atom is 0.431 e. The third-order valence-corrected chi connectivity index (χ3v) is 6.07. The molecule has 10 heteroatoms. The highest BCUT2D eigenvalue weighted by atomic mass is 19.4. The Morgan fingerprint density at radius 2 is 1.94 bits per heavy atom. The lowest BCUT2D eigenvalue weighted by atomic mass is 9.83. The van der Waals surface area contributed by atoms with Crippen molar-refractivity contribution in [2.45, 2.75) is 31.1 Å². The van der Waals surface area contributed by atoms with Crippen LogP contribution in [0, 0.1) is 5.82 Å². The lowest BCUT2D eigenvalue weighted by Gasteiger charge is -2.43. The average molecular weight is 435 g/mol. The van der Waals surface area contributed by atoms with E-state index in [9.17, 15) is 17.6 Å². The first-order valence-corrected chi connectivity index (χ1v) is 10.2. The van der Waals surface area contributed by atoms with Gasteiger partial charge in [-0.1, -0.05) is 6.07 Å². The van der Waals surface area contributed by atoms with Gasteiger partial charge in [-0.25, -0.2) is 14.4 Å². The van der Waals surface area contributed by atoms with Gasteiger partial charge in [-0.3, -0.25) is 4.90 Å². The second kappa shape index (κ2) is 7.76. The lowest BCUT2D eigenvalue weighted by molar-refractivity contribution is -0.140. The van der Waals surface area contributed by atoms with Crippen LogP contribution in [0.15, 0.2) is 30.6 Å². The summed E-state index contributed by atoms with van der Waals surface area (Å²) in [5.74, 6) is 0.0180. The summed E-state index contributed by atoms with van der Waals surface area (Å²) >= 11 is 0. The summed E-state index contributed by atoms with van der Waals surface area (Å²) < 4.78 is 58.9. The van der Waals surface area contributed by atoms with E-state index >= 15 is 0 Å². The molecule has 0 amide bonds. The Balaban J connectivity index is 1.55. The molecular weight excluding hydrogens is 414 g/mol. The summed E-state index contributed by atoms with van der Waals surface area (Å²) in [6.45, 7) is 2.79. The summed E-state index contributed by atoms with van der Waals surface area (Å²) in [5, 5.41) is 3.64. The number of aryl methyl sites for hydroxylation is 1. The van der Waals surface area contributed by atoms with Crippen molar-refractivity contribution in [3.8, 4) is 0 Å². The highest BCUT2D eigenvalue weighted by Gasteiger charge is 2.36. The van der Waals surface area contributed by atoms with Gasteiger partial charge in [0.25, 0.3) is 0 Å². The van der Waals surface area contributed by atoms with Crippen molar-refractivity contribution in [2.75, 3.05) is 31.6 Å². The number of H-pyrrole nitrogens is 1. The van der Waals surface area contributed by atoms with Crippen molar-refractivity contribution in [3.63, 3.8) is 0 Å². The second-order valence-corrected chi connectivity index (χ2v) is 7.88. The molecule has 0 radical (unpaired) electrons. The van der Waals surface area contributed by atoms with Crippen molar-refractivity contribution in [1.29, 1.82) is 0 Å². The molecule has 2 unspecified atom stereocenters. The van der Waals surface area contributed by atoms with Crippen molar-refractivity contribution in [2.24, 2.45) is 0 Å². The molecule has 31 heavy (non-hydrogen) atoms. The molecule has 3 aromatic rings. The standard InChI is InChI=1S/C21H21F4N5O/c22-13-2-3-14-12(9-13)1-4-16(30-5-7-31-8-6-30)18(14)29-20-15-10-17(21(23,24)25)28-19(15)26-11-27-20/h2-3,9-11,16,18H,1,4-8H2,(H2,26,27,28,29). The van der Waals surface area contributed by atoms with E-state index in [1.54, 1.807) is 6.07 Å². The molecule has 1 fully saturated rings. The monoisotopic (exact) mass is 435 g/mol. The number of alkyl halides is 3. The van der Waals surface area contributed by atoms with E-state index in [-0.39, 0.29) is 28.9 Å². The average Bonchev–Trinajstić information content (AvgIpc) is 3.20. The van der Waals surface area contributed by atoms with Crippen LogP contribution in [0.3, 0.4) is 0 Å². The highest BCUT2D eigenvalue weighted by molar-refractivity contribution is 5.88. The van der Waals surface area contributed by atoms with E-state index in [4.69, 9.17) is 4.74 Å². The van der Waals surface area contributed by atoms with Crippen molar-refractivity contribution < 1.29 is 22.3 Å². The number of nitrogens with one attached hydrogen (secondary N) is 2. The molecule has 2 N–H and O–H groups in total. The summed E-state index contributed by atoms with van der Waals surface area (Å²) in [6, 6.07) is 5.55. The molecule has 1 saturated heterocycles. The first kappa shape index (κ1) is 20.2. The smallest absolute Gasteiger partial charge is 0.379 e. The Bertz CT molecular complexity index is 1090. The number of aromatic nitrogens is 3. The summed E-state index contributed by atoms with van der Waals surface area (Å²) in [4.78, 5) is 12.8. The minimum absolute atomic E-state index is 0.0768. The zero-order valence-corrected chi connectivity index (χ0v) is 16.5. The first-order chi connectivity index (χ1) is 14.9. The molecule has 1 aliphatic carbocycles. The highest BCUT2D eigenvalue weighted by Crippen LogP contribution is 2.38. The number of benzene rings is 1. The van der Waals surface area contributed by atoms with Crippen molar-refractivity contribution >= 4 is 16.9 Å². The zero-order valence-electron chi connectivity index (χ0n) is 16.5. The van der Waals surface area contributed by atoms with Gasteiger partial charge < -0.3 is 15.0 Å².